The van der Waals surface area contributed by atoms with Crippen molar-refractivity contribution in [2.45, 2.75) is 51.1 Å². The molecule has 1 aliphatic carbocycles. The largest absolute Gasteiger partial charge is 0.351 e. The fourth-order valence-electron chi connectivity index (χ4n) is 3.64. The molecule has 0 unspecified atom stereocenters. The molecule has 1 aromatic carbocycles. The van der Waals surface area contributed by atoms with Gasteiger partial charge in [-0.1, -0.05) is 25.0 Å². The number of halogens is 1. The van der Waals surface area contributed by atoms with Crippen molar-refractivity contribution in [2.75, 3.05) is 6.54 Å². The van der Waals surface area contributed by atoms with E-state index in [1.54, 1.807) is 11.0 Å². The molecule has 23 heavy (non-hydrogen) atoms. The molecular formula is C18H23FN2O2. The first-order chi connectivity index (χ1) is 11.1. The number of nitrogens with zero attached hydrogens (tertiary/aromatic N) is 1. The summed E-state index contributed by atoms with van der Waals surface area (Å²) >= 11 is 0. The molecule has 0 bridgehead atoms. The Kier molecular flexibility index (Phi) is 4.94. The number of hydrogen-bond acceptors (Lipinski definition) is 2. The van der Waals surface area contributed by atoms with Crippen LogP contribution in [0.1, 0.15) is 44.1 Å². The zero-order valence-corrected chi connectivity index (χ0v) is 13.3. The van der Waals surface area contributed by atoms with Crippen molar-refractivity contribution in [3.05, 3.63) is 35.6 Å². The van der Waals surface area contributed by atoms with Gasteiger partial charge in [0.25, 0.3) is 0 Å². The highest BCUT2D eigenvalue weighted by atomic mass is 19.1. The number of rotatable bonds is 5. The molecule has 2 aliphatic rings. The first-order valence-corrected chi connectivity index (χ1v) is 8.42. The summed E-state index contributed by atoms with van der Waals surface area (Å²) in [5.74, 6) is 0.286. The van der Waals surface area contributed by atoms with E-state index in [2.05, 4.69) is 5.32 Å². The topological polar surface area (TPSA) is 49.4 Å². The Morgan fingerprint density at radius 1 is 1.30 bits per heavy atom. The number of carbonyl (C=O) groups excluding carboxylic acids is 2. The number of amides is 2. The van der Waals surface area contributed by atoms with E-state index >= 15 is 0 Å². The van der Waals surface area contributed by atoms with E-state index in [9.17, 15) is 14.0 Å². The molecule has 1 aromatic rings. The van der Waals surface area contributed by atoms with Crippen LogP contribution in [0, 0.1) is 11.7 Å². The molecule has 2 fully saturated rings. The highest BCUT2D eigenvalue weighted by molar-refractivity contribution is 5.82. The van der Waals surface area contributed by atoms with Gasteiger partial charge in [0.15, 0.2) is 0 Å². The quantitative estimate of drug-likeness (QED) is 0.907. The fraction of sp³-hybridized carbons (Fsp3) is 0.556. The van der Waals surface area contributed by atoms with Crippen LogP contribution in [-0.4, -0.2) is 29.3 Å². The fourth-order valence-corrected chi connectivity index (χ4v) is 3.64. The second-order valence-corrected chi connectivity index (χ2v) is 6.73. The summed E-state index contributed by atoms with van der Waals surface area (Å²) < 4.78 is 13.2. The van der Waals surface area contributed by atoms with Gasteiger partial charge in [-0.25, -0.2) is 4.39 Å². The van der Waals surface area contributed by atoms with Crippen molar-refractivity contribution in [3.63, 3.8) is 0 Å². The van der Waals surface area contributed by atoms with E-state index in [0.29, 0.717) is 31.8 Å². The Bertz CT molecular complexity index is 584. The minimum absolute atomic E-state index is 0.0143. The minimum Gasteiger partial charge on any atom is -0.351 e. The summed E-state index contributed by atoms with van der Waals surface area (Å²) in [4.78, 5) is 25.9. The zero-order chi connectivity index (χ0) is 16.2. The van der Waals surface area contributed by atoms with E-state index < -0.39 is 0 Å². The number of nitrogens with one attached hydrogen (secondary N) is 1. The molecule has 0 radical (unpaired) electrons. The number of benzene rings is 1. The van der Waals surface area contributed by atoms with Crippen LogP contribution in [0.2, 0.25) is 0 Å². The second kappa shape index (κ2) is 7.11. The lowest BCUT2D eigenvalue weighted by Gasteiger charge is -2.18. The summed E-state index contributed by atoms with van der Waals surface area (Å²) in [6.45, 7) is 0.900. The molecule has 3 rings (SSSR count). The number of hydrogen-bond donors (Lipinski definition) is 1. The smallest absolute Gasteiger partial charge is 0.225 e. The van der Waals surface area contributed by atoms with Crippen molar-refractivity contribution >= 4 is 11.8 Å². The third-order valence-corrected chi connectivity index (χ3v) is 4.79. The molecule has 1 heterocycles. The highest BCUT2D eigenvalue weighted by Crippen LogP contribution is 2.27. The maximum absolute atomic E-state index is 13.2. The van der Waals surface area contributed by atoms with Gasteiger partial charge in [-0.3, -0.25) is 9.59 Å². The summed E-state index contributed by atoms with van der Waals surface area (Å²) in [6.07, 6.45) is 5.65. The molecule has 1 saturated carbocycles. The molecule has 4 nitrogen and oxygen atoms in total. The predicted octanol–water partition coefficient (Wildman–Crippen LogP) is 2.62. The summed E-state index contributed by atoms with van der Waals surface area (Å²) in [7, 11) is 0. The van der Waals surface area contributed by atoms with Crippen LogP contribution in [-0.2, 0) is 16.1 Å². The van der Waals surface area contributed by atoms with Crippen molar-refractivity contribution in [1.82, 2.24) is 10.2 Å². The van der Waals surface area contributed by atoms with Gasteiger partial charge in [0.05, 0.1) is 6.04 Å². The average Bonchev–Trinajstić information content (AvgIpc) is 3.10. The molecular weight excluding hydrogens is 295 g/mol. The van der Waals surface area contributed by atoms with Gasteiger partial charge in [0, 0.05) is 25.9 Å². The van der Waals surface area contributed by atoms with E-state index in [1.165, 1.54) is 25.0 Å². The Morgan fingerprint density at radius 3 is 2.83 bits per heavy atom. The first kappa shape index (κ1) is 16.0. The van der Waals surface area contributed by atoms with Crippen molar-refractivity contribution in [2.24, 2.45) is 5.92 Å². The zero-order valence-electron chi connectivity index (χ0n) is 13.3. The van der Waals surface area contributed by atoms with E-state index in [0.717, 1.165) is 18.4 Å². The summed E-state index contributed by atoms with van der Waals surface area (Å²) in [6, 6.07) is 6.17. The maximum Gasteiger partial charge on any atom is 0.225 e. The van der Waals surface area contributed by atoms with Gasteiger partial charge in [-0.05, 0) is 36.5 Å². The summed E-state index contributed by atoms with van der Waals surface area (Å²) in [5, 5.41) is 2.99. The molecule has 0 spiro atoms. The van der Waals surface area contributed by atoms with Gasteiger partial charge >= 0.3 is 0 Å². The van der Waals surface area contributed by atoms with Gasteiger partial charge in [-0.15, -0.1) is 0 Å². The lowest BCUT2D eigenvalue weighted by Crippen LogP contribution is -2.37. The molecule has 1 aliphatic heterocycles. The van der Waals surface area contributed by atoms with Crippen LogP contribution in [0.5, 0.6) is 0 Å². The van der Waals surface area contributed by atoms with Gasteiger partial charge < -0.3 is 10.2 Å². The normalized spacial score (nSPS) is 21.9. The van der Waals surface area contributed by atoms with Crippen LogP contribution in [0.3, 0.4) is 0 Å². The van der Waals surface area contributed by atoms with Gasteiger partial charge in [-0.2, -0.15) is 0 Å². The third-order valence-electron chi connectivity index (χ3n) is 4.79. The van der Waals surface area contributed by atoms with Crippen molar-refractivity contribution < 1.29 is 14.0 Å². The Labute approximate surface area is 136 Å². The Morgan fingerprint density at radius 2 is 2.09 bits per heavy atom. The lowest BCUT2D eigenvalue weighted by atomic mass is 10.0. The first-order valence-electron chi connectivity index (χ1n) is 8.42. The Hall–Kier alpha value is -1.91. The third kappa shape index (κ3) is 4.30. The minimum atomic E-state index is -0.296. The SMILES string of the molecule is O=C(CC1CCCC1)N[C@H]1CC(=O)N(Cc2cccc(F)c2)C1. The molecule has 124 valence electrons. The Balaban J connectivity index is 1.49. The van der Waals surface area contributed by atoms with E-state index in [1.807, 2.05) is 6.07 Å². The average molecular weight is 318 g/mol. The number of likely N-dealkylation sites (tertiary alicyclic amines) is 1. The molecule has 1 N–H and O–H groups in total. The van der Waals surface area contributed by atoms with Crippen LogP contribution in [0.25, 0.3) is 0 Å². The standard InChI is InChI=1S/C18H23FN2O2/c19-15-7-3-6-14(8-15)11-21-12-16(10-18(21)23)20-17(22)9-13-4-1-2-5-13/h3,6-8,13,16H,1-2,4-5,9-12H2,(H,20,22)/t16-/m0/s1. The van der Waals surface area contributed by atoms with E-state index in [-0.39, 0.29) is 23.7 Å². The molecule has 1 saturated heterocycles. The molecule has 2 amide bonds. The van der Waals surface area contributed by atoms with E-state index in [4.69, 9.17) is 0 Å². The van der Waals surface area contributed by atoms with Crippen molar-refractivity contribution in [1.29, 1.82) is 0 Å². The van der Waals surface area contributed by atoms with Crippen LogP contribution < -0.4 is 5.32 Å². The van der Waals surface area contributed by atoms with Crippen LogP contribution in [0.15, 0.2) is 24.3 Å². The van der Waals surface area contributed by atoms with Gasteiger partial charge in [0.2, 0.25) is 11.8 Å². The molecule has 1 atom stereocenters. The second-order valence-electron chi connectivity index (χ2n) is 6.73. The highest BCUT2D eigenvalue weighted by Gasteiger charge is 2.31. The van der Waals surface area contributed by atoms with Gasteiger partial charge in [0.1, 0.15) is 5.82 Å². The summed E-state index contributed by atoms with van der Waals surface area (Å²) in [5.41, 5.74) is 0.774. The molecule has 0 aromatic heterocycles. The van der Waals surface area contributed by atoms with Crippen molar-refractivity contribution in [3.8, 4) is 0 Å². The molecule has 5 heteroatoms. The van der Waals surface area contributed by atoms with Crippen LogP contribution in [0.4, 0.5) is 4.39 Å². The van der Waals surface area contributed by atoms with Crippen LogP contribution >= 0.6 is 0 Å². The lowest BCUT2D eigenvalue weighted by molar-refractivity contribution is -0.128. The monoisotopic (exact) mass is 318 g/mol. The predicted molar refractivity (Wildman–Crippen MR) is 84.9 cm³/mol. The maximum atomic E-state index is 13.2. The number of carbonyl (C=O) groups is 2.